The van der Waals surface area contributed by atoms with Gasteiger partial charge in [0.2, 0.25) is 0 Å². The summed E-state index contributed by atoms with van der Waals surface area (Å²) < 4.78 is 36.0. The zero-order valence-corrected chi connectivity index (χ0v) is 60.1. The van der Waals surface area contributed by atoms with Gasteiger partial charge in [0.25, 0.3) is 11.4 Å². The number of amides is 2. The smallest absolute Gasteiger partial charge is 1.00 e. The van der Waals surface area contributed by atoms with Crippen molar-refractivity contribution in [3.05, 3.63) is 164 Å². The molecule has 0 aliphatic heterocycles. The van der Waals surface area contributed by atoms with Gasteiger partial charge in [-0.1, -0.05) is 123 Å². The molecular formula is C68H113BBr2N9NaO28. The Morgan fingerprint density at radius 1 is 0.642 bits per heavy atom. The van der Waals surface area contributed by atoms with Crippen molar-refractivity contribution in [2.24, 2.45) is 0 Å². The first-order valence-corrected chi connectivity index (χ1v) is 28.8. The van der Waals surface area contributed by atoms with Crippen molar-refractivity contribution in [1.29, 1.82) is 5.31 Å². The minimum Gasteiger partial charge on any atom is -1.00 e. The Morgan fingerprint density at radius 2 is 1.04 bits per heavy atom. The number of carboxylic acids is 3. The second-order valence-corrected chi connectivity index (χ2v) is 21.2. The van der Waals surface area contributed by atoms with Gasteiger partial charge in [0.1, 0.15) is 64.4 Å². The van der Waals surface area contributed by atoms with Crippen molar-refractivity contribution in [3.8, 4) is 0 Å². The zero-order valence-electron chi connectivity index (χ0n) is 55.9. The molecule has 4 heterocycles. The number of aromatic amines is 1. The van der Waals surface area contributed by atoms with Crippen LogP contribution in [0.4, 0.5) is 32.3 Å². The SMILES string of the molecule is C.C.C.C.C.C.C.C.C.C.C=CCO.C=CCOC(=O)c1cc(NC(=O)OC(C)(C)C)cn1CC(=O)O.COC(=O)c1cc(NC(=O)OC(C)(C)C)cn1CC(=O)O.COC(=O)c1cc([N+](=O)[O-])c[nH]1.COC(=O)c1cc([N+](=O)[O-])cn1CC(=O)Cc1ccccc1.N=BOC(=O)CBr.O.O=C/C=C(\Br)C(=O)O.[H-].[Na+]. The van der Waals surface area contributed by atoms with E-state index in [2.05, 4.69) is 79.5 Å². The molecule has 0 bridgehead atoms. The number of methoxy groups -OCH3 is 3. The molecule has 0 saturated heterocycles. The quantitative estimate of drug-likeness (QED) is 0.00347. The van der Waals surface area contributed by atoms with Crippen molar-refractivity contribution in [2.45, 2.75) is 153 Å². The van der Waals surface area contributed by atoms with E-state index >= 15 is 0 Å². The van der Waals surface area contributed by atoms with E-state index in [0.717, 1.165) is 36.2 Å². The van der Waals surface area contributed by atoms with Crippen molar-refractivity contribution in [3.63, 3.8) is 0 Å². The second-order valence-electron chi connectivity index (χ2n) is 19.8. The van der Waals surface area contributed by atoms with Crippen LogP contribution in [-0.2, 0) is 87.9 Å². The minimum absolute atomic E-state index is 0. The van der Waals surface area contributed by atoms with Crippen LogP contribution in [0.15, 0.2) is 115 Å². The van der Waals surface area contributed by atoms with Crippen LogP contribution in [0.1, 0.15) is 165 Å². The van der Waals surface area contributed by atoms with Crippen molar-refractivity contribution in [2.75, 3.05) is 50.5 Å². The van der Waals surface area contributed by atoms with E-state index in [1.54, 1.807) is 41.5 Å². The summed E-state index contributed by atoms with van der Waals surface area (Å²) >= 11 is 5.47. The third-order valence-electron chi connectivity index (χ3n) is 9.84. The number of Topliss-reactive ketones (excluding diaryl/α,β-unsaturated/α-hetero) is 1. The summed E-state index contributed by atoms with van der Waals surface area (Å²) in [4.78, 5) is 154. The number of hydrogen-bond acceptors (Lipinski definition) is 25. The number of aliphatic hydroxyl groups is 1. The summed E-state index contributed by atoms with van der Waals surface area (Å²) in [6.07, 6.45) is 7.85. The molecule has 109 heavy (non-hydrogen) atoms. The number of carbonyl (C=O) groups excluding carboxylic acids is 9. The van der Waals surface area contributed by atoms with E-state index in [1.165, 1.54) is 71.7 Å². The van der Waals surface area contributed by atoms with Crippen LogP contribution in [0.5, 0.6) is 0 Å². The Kier molecular flexibility index (Phi) is 83.7. The molecule has 41 heteroatoms. The number of rotatable bonds is 23. The number of nitro groups is 2. The van der Waals surface area contributed by atoms with E-state index in [0.29, 0.717) is 13.6 Å². The van der Waals surface area contributed by atoms with Crippen LogP contribution in [0.2, 0.25) is 0 Å². The predicted octanol–water partition coefficient (Wildman–Crippen LogP) is 10.3. The number of allylic oxidation sites excluding steroid dienone is 1. The number of carboxylic acid groups (broad SMARTS) is 3. The number of H-pyrrole nitrogens is 1. The van der Waals surface area contributed by atoms with Crippen LogP contribution in [-0.4, -0.2) is 185 Å². The fourth-order valence-corrected chi connectivity index (χ4v) is 6.46. The fourth-order valence-electron chi connectivity index (χ4n) is 6.22. The molecule has 2 amide bonds. The number of benzene rings is 1. The Hall–Kier alpha value is -10.3. The molecule has 5 rings (SSSR count). The molecule has 4 aromatic heterocycles. The Balaban J connectivity index is -0.0000000760. The maximum atomic E-state index is 12.1. The van der Waals surface area contributed by atoms with Gasteiger partial charge < -0.3 is 74.4 Å². The number of ketones is 1. The van der Waals surface area contributed by atoms with E-state index in [-0.39, 0.29) is 198 Å². The first-order valence-electron chi connectivity index (χ1n) is 26.9. The molecule has 0 spiro atoms. The number of halogens is 2. The second kappa shape index (κ2) is 69.5. The number of hydrogen-bond donors (Lipinski definition) is 8. The van der Waals surface area contributed by atoms with Crippen LogP contribution in [0.25, 0.3) is 0 Å². The molecule has 616 valence electrons. The Labute approximate surface area is 678 Å². The standard InChI is InChI=1S/C15H20N2O6.C15H14N2O5.C13H18N2O6.C6H6N2O4.C4H3BrO3.C3H6O.C2H3BBrNO2.10CH4.Na.H2O.H/c1-5-6-22-13(20)11-7-10(8-17(11)9-12(18)19)16-14(21)23-15(2,3)4;1-22-15(19)14-8-12(17(20)21)9-16(14)10-13(18)7-11-5-3-2-4-6-11;1-13(2,3)21-12(19)14-8-5-9(11(18)20-4)15(6-8)7-10(16)17;1-12-6(9)5-2-4(3-7-5)8(10)11;5-3(1-2-6)4(7)8;1-2-3-4;4-1-2(6)7-3-5;;;;;;;;;;;;;/h5,7-8H,1,6,9H2,2-4H3,(H,16,21)(H,18,19);2-6,8-9H,7,10H2,1H3;5-6H,7H2,1-4H3,(H,14,19)(H,16,17);2-3,7H,1H3;1-2H,(H,7,8);2,4H,1,3H2;5H,1H2;10*1H4;;1H2;/q;;;;;;;;;;;;;;;;;+1;;-1/b;;;;3-1-;;;;;;;;;;;;;;;. The molecule has 1 aromatic carbocycles. The number of nitrogens with one attached hydrogen (secondary N) is 4. The predicted molar refractivity (Wildman–Crippen MR) is 420 cm³/mol. The number of ether oxygens (including phenoxy) is 6. The van der Waals surface area contributed by atoms with Gasteiger partial charge >= 0.3 is 133 Å². The number of nitrogens with zero attached hydrogens (tertiary/aromatic N) is 5. The average molecular weight is 1700 g/mol. The summed E-state index contributed by atoms with van der Waals surface area (Å²) in [5.74, 6) is -6.78. The number of aliphatic hydroxyl groups excluding tert-OH is 1. The first-order chi connectivity index (χ1) is 45.3. The molecule has 0 atom stereocenters. The van der Waals surface area contributed by atoms with Crippen LogP contribution in [0.3, 0.4) is 0 Å². The summed E-state index contributed by atoms with van der Waals surface area (Å²) in [6, 6.07) is 14.0. The van der Waals surface area contributed by atoms with Gasteiger partial charge in [-0.2, -0.15) is 0 Å². The van der Waals surface area contributed by atoms with Crippen molar-refractivity contribution in [1.82, 2.24) is 18.7 Å². The normalized spacial score (nSPS) is 8.94. The van der Waals surface area contributed by atoms with Gasteiger partial charge in [-0.25, -0.2) is 33.6 Å². The fraction of sp³-hybridized carbons (Fsp3) is 0.412. The van der Waals surface area contributed by atoms with Gasteiger partial charge in [0.05, 0.1) is 68.1 Å². The monoisotopic (exact) mass is 1700 g/mol. The number of anilines is 2. The molecule has 0 saturated carbocycles. The van der Waals surface area contributed by atoms with Crippen LogP contribution in [0, 0.1) is 25.5 Å². The third kappa shape index (κ3) is 58.5. The summed E-state index contributed by atoms with van der Waals surface area (Å²) in [5, 5.41) is 65.7. The summed E-state index contributed by atoms with van der Waals surface area (Å²) in [6.45, 7) is 16.0. The van der Waals surface area contributed by atoms with Gasteiger partial charge in [-0.3, -0.25) is 50.0 Å². The van der Waals surface area contributed by atoms with Gasteiger partial charge in [-0.05, 0) is 81.2 Å². The van der Waals surface area contributed by atoms with Gasteiger partial charge in [-0.15, -0.1) is 6.58 Å². The molecule has 10 N–H and O–H groups in total. The maximum absolute atomic E-state index is 12.1. The van der Waals surface area contributed by atoms with E-state index in [4.69, 9.17) is 39.9 Å². The van der Waals surface area contributed by atoms with Gasteiger partial charge in [0, 0.05) is 30.9 Å². The topological polar surface area (TPSA) is 547 Å². The zero-order chi connectivity index (χ0) is 74.8. The number of aromatic nitrogens is 4. The van der Waals surface area contributed by atoms with E-state index in [9.17, 15) is 77.8 Å². The Morgan fingerprint density at radius 3 is 1.34 bits per heavy atom. The molecular weight excluding hydrogens is 1580 g/mol. The number of aldehydes is 1. The number of alkyl halides is 1. The number of aliphatic carboxylic acids is 3. The summed E-state index contributed by atoms with van der Waals surface area (Å²) in [7, 11) is 4.16. The average Bonchev–Trinajstić information content (AvgIpc) is 1.71. The van der Waals surface area contributed by atoms with Crippen LogP contribution >= 0.6 is 31.9 Å². The van der Waals surface area contributed by atoms with Gasteiger partial charge in [0.15, 0.2) is 5.78 Å². The molecule has 0 radical (unpaired) electrons. The van der Waals surface area contributed by atoms with Crippen molar-refractivity contribution >= 4 is 134 Å². The first kappa shape index (κ1) is 131. The van der Waals surface area contributed by atoms with E-state index in [1.807, 2.05) is 30.3 Å². The Bertz CT molecular complexity index is 3610. The third-order valence-corrected chi connectivity index (χ3v) is 10.9. The number of esters is 4. The van der Waals surface area contributed by atoms with Crippen LogP contribution < -0.4 is 40.2 Å². The number of carbonyl (C=O) groups is 12. The molecule has 0 aliphatic rings. The molecule has 0 fully saturated rings. The largest absolute Gasteiger partial charge is 1.00 e. The molecule has 37 nitrogen and oxygen atoms in total. The molecule has 0 aliphatic carbocycles. The maximum Gasteiger partial charge on any atom is 1.00 e. The molecule has 0 unspecified atom stereocenters. The summed E-state index contributed by atoms with van der Waals surface area (Å²) in [5.41, 5.74) is -0.377. The van der Waals surface area contributed by atoms with Crippen molar-refractivity contribution < 1.29 is 157 Å². The minimum atomic E-state index is -1.14. The molecule has 5 aromatic rings. The van der Waals surface area contributed by atoms with E-state index < -0.39 is 94.1 Å².